The summed E-state index contributed by atoms with van der Waals surface area (Å²) in [6.07, 6.45) is 2.13. The van der Waals surface area contributed by atoms with Gasteiger partial charge in [-0.3, -0.25) is 4.79 Å². The molecule has 3 heteroatoms. The van der Waals surface area contributed by atoms with Gasteiger partial charge in [0.2, 0.25) is 0 Å². The lowest BCUT2D eigenvalue weighted by atomic mass is 10.1. The van der Waals surface area contributed by atoms with E-state index in [1.165, 1.54) is 5.56 Å². The van der Waals surface area contributed by atoms with Crippen molar-refractivity contribution < 1.29 is 4.79 Å². The lowest BCUT2D eigenvalue weighted by Crippen LogP contribution is -2.21. The van der Waals surface area contributed by atoms with Crippen LogP contribution in [-0.2, 0) is 6.42 Å². The van der Waals surface area contributed by atoms with Crippen LogP contribution in [-0.4, -0.2) is 31.4 Å². The molecule has 0 aliphatic rings. The molecule has 0 radical (unpaired) electrons. The molecule has 1 N–H and O–H groups in total. The lowest BCUT2D eigenvalue weighted by molar-refractivity contribution is 0.0827. The zero-order chi connectivity index (χ0) is 15.1. The summed E-state index contributed by atoms with van der Waals surface area (Å²) in [6.45, 7) is 0.897. The van der Waals surface area contributed by atoms with Gasteiger partial charge in [0.05, 0.1) is 0 Å². The number of hydrogen-bond acceptors (Lipinski definition) is 2. The van der Waals surface area contributed by atoms with Crippen LogP contribution in [0.4, 0.5) is 5.69 Å². The van der Waals surface area contributed by atoms with E-state index in [1.807, 2.05) is 30.3 Å². The van der Waals surface area contributed by atoms with Gasteiger partial charge >= 0.3 is 0 Å². The molecule has 0 aliphatic carbocycles. The van der Waals surface area contributed by atoms with Gasteiger partial charge in [-0.2, -0.15) is 0 Å². The molecule has 3 nitrogen and oxygen atoms in total. The van der Waals surface area contributed by atoms with Crippen molar-refractivity contribution in [1.29, 1.82) is 0 Å². The fraction of sp³-hybridized carbons (Fsp3) is 0.278. The molecule has 0 saturated heterocycles. The number of nitrogens with zero attached hydrogens (tertiary/aromatic N) is 1. The van der Waals surface area contributed by atoms with Crippen LogP contribution in [0, 0.1) is 0 Å². The van der Waals surface area contributed by atoms with E-state index in [9.17, 15) is 4.79 Å². The summed E-state index contributed by atoms with van der Waals surface area (Å²) >= 11 is 0. The molecule has 1 amide bonds. The van der Waals surface area contributed by atoms with Gasteiger partial charge in [-0.1, -0.05) is 36.4 Å². The highest BCUT2D eigenvalue weighted by Crippen LogP contribution is 2.12. The largest absolute Gasteiger partial charge is 0.385 e. The quantitative estimate of drug-likeness (QED) is 0.823. The molecule has 110 valence electrons. The predicted octanol–water partition coefficient (Wildman–Crippen LogP) is 3.43. The van der Waals surface area contributed by atoms with Crippen LogP contribution in [0.25, 0.3) is 0 Å². The molecule has 0 aliphatic heterocycles. The Bertz CT molecular complexity index is 579. The Kier molecular flexibility index (Phi) is 5.38. The first-order valence-electron chi connectivity index (χ1n) is 7.26. The van der Waals surface area contributed by atoms with E-state index < -0.39 is 0 Å². The van der Waals surface area contributed by atoms with Gasteiger partial charge in [0, 0.05) is 31.9 Å². The Balaban J connectivity index is 1.83. The van der Waals surface area contributed by atoms with Crippen molar-refractivity contribution in [3.8, 4) is 0 Å². The number of rotatable bonds is 6. The third kappa shape index (κ3) is 4.63. The number of nitrogens with one attached hydrogen (secondary N) is 1. The van der Waals surface area contributed by atoms with Gasteiger partial charge in [-0.05, 0) is 36.6 Å². The minimum Gasteiger partial charge on any atom is -0.385 e. The number of amides is 1. The molecule has 0 heterocycles. The highest BCUT2D eigenvalue weighted by Gasteiger charge is 2.07. The molecule has 0 spiro atoms. The van der Waals surface area contributed by atoms with Crippen molar-refractivity contribution >= 4 is 11.6 Å². The van der Waals surface area contributed by atoms with Crippen LogP contribution >= 0.6 is 0 Å². The molecule has 0 bridgehead atoms. The minimum absolute atomic E-state index is 0.0305. The van der Waals surface area contributed by atoms with E-state index in [2.05, 4.69) is 29.6 Å². The molecule has 0 fully saturated rings. The van der Waals surface area contributed by atoms with Crippen LogP contribution in [0.15, 0.2) is 54.6 Å². The number of aryl methyl sites for hydroxylation is 1. The summed E-state index contributed by atoms with van der Waals surface area (Å²) in [5.41, 5.74) is 3.07. The fourth-order valence-corrected chi connectivity index (χ4v) is 2.19. The average molecular weight is 282 g/mol. The maximum absolute atomic E-state index is 11.9. The SMILES string of the molecule is CN(C)C(=O)c1cccc(NCCCc2ccccc2)c1. The Morgan fingerprint density at radius 3 is 2.52 bits per heavy atom. The highest BCUT2D eigenvalue weighted by molar-refractivity contribution is 5.94. The molecule has 0 saturated carbocycles. The number of anilines is 1. The summed E-state index contributed by atoms with van der Waals surface area (Å²) in [5, 5.41) is 3.38. The maximum Gasteiger partial charge on any atom is 0.253 e. The number of carbonyl (C=O) groups is 1. The lowest BCUT2D eigenvalue weighted by Gasteiger charge is -2.12. The summed E-state index contributed by atoms with van der Waals surface area (Å²) in [7, 11) is 3.53. The van der Waals surface area contributed by atoms with Crippen molar-refractivity contribution in [3.63, 3.8) is 0 Å². The fourth-order valence-electron chi connectivity index (χ4n) is 2.19. The van der Waals surface area contributed by atoms with E-state index in [0.717, 1.165) is 25.1 Å². The predicted molar refractivity (Wildman–Crippen MR) is 87.7 cm³/mol. The average Bonchev–Trinajstić information content (AvgIpc) is 2.52. The Labute approximate surface area is 126 Å². The van der Waals surface area contributed by atoms with Crippen molar-refractivity contribution in [3.05, 3.63) is 65.7 Å². The normalized spacial score (nSPS) is 10.2. The van der Waals surface area contributed by atoms with Gasteiger partial charge in [0.1, 0.15) is 0 Å². The monoisotopic (exact) mass is 282 g/mol. The second-order valence-electron chi connectivity index (χ2n) is 5.30. The number of hydrogen-bond donors (Lipinski definition) is 1. The highest BCUT2D eigenvalue weighted by atomic mass is 16.2. The maximum atomic E-state index is 11.9. The summed E-state index contributed by atoms with van der Waals surface area (Å²) in [4.78, 5) is 13.5. The van der Waals surface area contributed by atoms with Crippen LogP contribution in [0.3, 0.4) is 0 Å². The van der Waals surface area contributed by atoms with E-state index >= 15 is 0 Å². The van der Waals surface area contributed by atoms with Gasteiger partial charge < -0.3 is 10.2 Å². The first-order chi connectivity index (χ1) is 10.2. The third-order valence-electron chi connectivity index (χ3n) is 3.33. The van der Waals surface area contributed by atoms with Gasteiger partial charge in [-0.25, -0.2) is 0 Å². The van der Waals surface area contributed by atoms with Gasteiger partial charge in [0.15, 0.2) is 0 Å². The summed E-state index contributed by atoms with van der Waals surface area (Å²) in [6, 6.07) is 18.1. The van der Waals surface area contributed by atoms with Crippen molar-refractivity contribution in [1.82, 2.24) is 4.90 Å². The third-order valence-corrected chi connectivity index (χ3v) is 3.33. The smallest absolute Gasteiger partial charge is 0.253 e. The Morgan fingerprint density at radius 2 is 1.81 bits per heavy atom. The van der Waals surface area contributed by atoms with Crippen molar-refractivity contribution in [2.75, 3.05) is 26.0 Å². The summed E-state index contributed by atoms with van der Waals surface area (Å²) in [5.74, 6) is 0.0305. The van der Waals surface area contributed by atoms with Crippen molar-refractivity contribution in [2.45, 2.75) is 12.8 Å². The molecular weight excluding hydrogens is 260 g/mol. The van der Waals surface area contributed by atoms with Crippen molar-refractivity contribution in [2.24, 2.45) is 0 Å². The van der Waals surface area contributed by atoms with E-state index in [1.54, 1.807) is 19.0 Å². The number of carbonyl (C=O) groups excluding carboxylic acids is 1. The van der Waals surface area contributed by atoms with E-state index in [4.69, 9.17) is 0 Å². The van der Waals surface area contributed by atoms with E-state index in [-0.39, 0.29) is 5.91 Å². The van der Waals surface area contributed by atoms with Gasteiger partial charge in [0.25, 0.3) is 5.91 Å². The standard InChI is InChI=1S/C18H22N2O/c1-20(2)18(21)16-11-6-12-17(14-16)19-13-7-10-15-8-4-3-5-9-15/h3-6,8-9,11-12,14,19H,7,10,13H2,1-2H3. The molecular formula is C18H22N2O. The van der Waals surface area contributed by atoms with Crippen LogP contribution in [0.2, 0.25) is 0 Å². The Morgan fingerprint density at radius 1 is 1.05 bits per heavy atom. The second kappa shape index (κ2) is 7.48. The molecule has 2 rings (SSSR count). The molecule has 0 unspecified atom stereocenters. The zero-order valence-corrected chi connectivity index (χ0v) is 12.7. The first kappa shape index (κ1) is 15.1. The van der Waals surface area contributed by atoms with Crippen LogP contribution in [0.1, 0.15) is 22.3 Å². The second-order valence-corrected chi connectivity index (χ2v) is 5.30. The molecule has 2 aromatic rings. The Hall–Kier alpha value is -2.29. The first-order valence-corrected chi connectivity index (χ1v) is 7.26. The molecule has 0 atom stereocenters. The van der Waals surface area contributed by atoms with Gasteiger partial charge in [-0.15, -0.1) is 0 Å². The summed E-state index contributed by atoms with van der Waals surface area (Å²) < 4.78 is 0. The zero-order valence-electron chi connectivity index (χ0n) is 12.7. The number of benzene rings is 2. The molecule has 0 aromatic heterocycles. The topological polar surface area (TPSA) is 32.3 Å². The molecule has 21 heavy (non-hydrogen) atoms. The molecule has 2 aromatic carbocycles. The van der Waals surface area contributed by atoms with Crippen LogP contribution < -0.4 is 5.32 Å². The van der Waals surface area contributed by atoms with Crippen LogP contribution in [0.5, 0.6) is 0 Å². The minimum atomic E-state index is 0.0305. The van der Waals surface area contributed by atoms with E-state index in [0.29, 0.717) is 5.56 Å².